The van der Waals surface area contributed by atoms with Crippen molar-refractivity contribution < 1.29 is 9.90 Å². The average Bonchev–Trinajstić information content (AvgIpc) is 2.83. The summed E-state index contributed by atoms with van der Waals surface area (Å²) >= 11 is 0. The van der Waals surface area contributed by atoms with Crippen molar-refractivity contribution in [1.82, 2.24) is 15.2 Å². The van der Waals surface area contributed by atoms with Gasteiger partial charge in [-0.25, -0.2) is 0 Å². The van der Waals surface area contributed by atoms with Crippen LogP contribution in [0.3, 0.4) is 0 Å². The van der Waals surface area contributed by atoms with E-state index in [0.717, 1.165) is 18.4 Å². The number of aliphatic hydroxyl groups is 1. The average molecular weight is 291 g/mol. The quantitative estimate of drug-likeness (QED) is 0.862. The van der Waals surface area contributed by atoms with Crippen molar-refractivity contribution >= 4 is 5.91 Å². The second kappa shape index (κ2) is 7.00. The van der Waals surface area contributed by atoms with E-state index in [2.05, 4.69) is 29.0 Å². The molecule has 0 spiro atoms. The maximum absolute atomic E-state index is 12.3. The number of hydrogen-bond donors (Lipinski definition) is 2. The van der Waals surface area contributed by atoms with Crippen molar-refractivity contribution in [3.8, 4) is 0 Å². The maximum atomic E-state index is 12.3. The standard InChI is InChI=1S/C16H25N3O2/c1-11-4-5-12(2)19(11)13(3)16(21)18-10-15(20)14-6-8-17-9-7-14/h6-9,11-13,15,20H,4-5,10H2,1-3H3,(H,18,21)/t11-,12+,13-,15-/m1/s1. The third kappa shape index (κ3) is 3.80. The highest BCUT2D eigenvalue weighted by atomic mass is 16.3. The second-order valence-corrected chi connectivity index (χ2v) is 5.94. The molecule has 0 unspecified atom stereocenters. The second-order valence-electron chi connectivity index (χ2n) is 5.94. The largest absolute Gasteiger partial charge is 0.387 e. The fourth-order valence-corrected chi connectivity index (χ4v) is 3.16. The number of aromatic nitrogens is 1. The Morgan fingerprint density at radius 2 is 1.95 bits per heavy atom. The van der Waals surface area contributed by atoms with Crippen LogP contribution in [0, 0.1) is 0 Å². The van der Waals surface area contributed by atoms with Gasteiger partial charge in [-0.1, -0.05) is 0 Å². The Bertz CT molecular complexity index is 456. The predicted molar refractivity (Wildman–Crippen MR) is 81.7 cm³/mol. The first-order valence-corrected chi connectivity index (χ1v) is 7.64. The molecule has 1 aliphatic rings. The molecule has 5 nitrogen and oxygen atoms in total. The summed E-state index contributed by atoms with van der Waals surface area (Å²) in [6.07, 6.45) is 4.85. The number of carbonyl (C=O) groups is 1. The highest BCUT2D eigenvalue weighted by molar-refractivity contribution is 5.81. The lowest BCUT2D eigenvalue weighted by Crippen LogP contribution is -2.49. The fraction of sp³-hybridized carbons (Fsp3) is 0.625. The van der Waals surface area contributed by atoms with Crippen LogP contribution >= 0.6 is 0 Å². The SMILES string of the molecule is C[C@@H]1CC[C@H](C)N1[C@H](C)C(=O)NC[C@@H](O)c1ccncc1. The van der Waals surface area contributed by atoms with Crippen molar-refractivity contribution in [1.29, 1.82) is 0 Å². The first kappa shape index (κ1) is 15.9. The normalized spacial score (nSPS) is 25.5. The van der Waals surface area contributed by atoms with Gasteiger partial charge in [0.2, 0.25) is 5.91 Å². The van der Waals surface area contributed by atoms with Gasteiger partial charge in [0, 0.05) is 31.0 Å². The molecule has 4 atom stereocenters. The van der Waals surface area contributed by atoms with Crippen LogP contribution in [0.25, 0.3) is 0 Å². The number of likely N-dealkylation sites (tertiary alicyclic amines) is 1. The minimum Gasteiger partial charge on any atom is -0.387 e. The van der Waals surface area contributed by atoms with Crippen molar-refractivity contribution in [3.05, 3.63) is 30.1 Å². The van der Waals surface area contributed by atoms with Gasteiger partial charge in [-0.05, 0) is 51.3 Å². The highest BCUT2D eigenvalue weighted by Crippen LogP contribution is 2.25. The molecule has 1 saturated heterocycles. The van der Waals surface area contributed by atoms with Gasteiger partial charge in [0.1, 0.15) is 0 Å². The van der Waals surface area contributed by atoms with Crippen LogP contribution in [0.1, 0.15) is 45.3 Å². The number of nitrogens with one attached hydrogen (secondary N) is 1. The Balaban J connectivity index is 1.87. The molecule has 21 heavy (non-hydrogen) atoms. The van der Waals surface area contributed by atoms with E-state index in [1.807, 2.05) is 6.92 Å². The Morgan fingerprint density at radius 3 is 2.52 bits per heavy atom. The Kier molecular flexibility index (Phi) is 5.31. The van der Waals surface area contributed by atoms with E-state index in [-0.39, 0.29) is 18.5 Å². The third-order valence-electron chi connectivity index (χ3n) is 4.41. The number of aliphatic hydroxyl groups excluding tert-OH is 1. The number of pyridine rings is 1. The van der Waals surface area contributed by atoms with E-state index in [4.69, 9.17) is 0 Å². The topological polar surface area (TPSA) is 65.5 Å². The van der Waals surface area contributed by atoms with Gasteiger partial charge in [-0.3, -0.25) is 14.7 Å². The van der Waals surface area contributed by atoms with Crippen molar-refractivity contribution in [2.24, 2.45) is 0 Å². The molecule has 2 N–H and O–H groups in total. The number of hydrogen-bond acceptors (Lipinski definition) is 4. The Hall–Kier alpha value is -1.46. The summed E-state index contributed by atoms with van der Waals surface area (Å²) in [6.45, 7) is 6.49. The first-order chi connectivity index (χ1) is 10.0. The molecule has 0 aromatic carbocycles. The summed E-state index contributed by atoms with van der Waals surface area (Å²) in [5.41, 5.74) is 0.765. The van der Waals surface area contributed by atoms with Crippen LogP contribution in [0.15, 0.2) is 24.5 Å². The Morgan fingerprint density at radius 1 is 1.38 bits per heavy atom. The lowest BCUT2D eigenvalue weighted by Gasteiger charge is -2.31. The lowest BCUT2D eigenvalue weighted by atomic mass is 10.1. The van der Waals surface area contributed by atoms with Crippen LogP contribution in [0.2, 0.25) is 0 Å². The van der Waals surface area contributed by atoms with Gasteiger partial charge in [0.15, 0.2) is 0 Å². The van der Waals surface area contributed by atoms with Crippen LogP contribution < -0.4 is 5.32 Å². The number of amides is 1. The highest BCUT2D eigenvalue weighted by Gasteiger charge is 2.34. The van der Waals surface area contributed by atoms with E-state index in [1.54, 1.807) is 24.5 Å². The fourth-order valence-electron chi connectivity index (χ4n) is 3.16. The molecule has 0 bridgehead atoms. The van der Waals surface area contributed by atoms with Gasteiger partial charge in [-0.2, -0.15) is 0 Å². The summed E-state index contributed by atoms with van der Waals surface area (Å²) in [4.78, 5) is 18.5. The minimum atomic E-state index is -0.697. The summed E-state index contributed by atoms with van der Waals surface area (Å²) in [7, 11) is 0. The molecule has 116 valence electrons. The molecule has 0 aliphatic carbocycles. The first-order valence-electron chi connectivity index (χ1n) is 7.64. The maximum Gasteiger partial charge on any atom is 0.237 e. The molecule has 1 aromatic rings. The van der Waals surface area contributed by atoms with Crippen LogP contribution in [-0.2, 0) is 4.79 Å². The Labute approximate surface area is 126 Å². The van der Waals surface area contributed by atoms with Crippen molar-refractivity contribution in [3.63, 3.8) is 0 Å². The van der Waals surface area contributed by atoms with Gasteiger partial charge >= 0.3 is 0 Å². The molecule has 0 saturated carbocycles. The molecule has 2 heterocycles. The summed E-state index contributed by atoms with van der Waals surface area (Å²) in [5, 5.41) is 12.9. The minimum absolute atomic E-state index is 0.0243. The summed E-state index contributed by atoms with van der Waals surface area (Å²) in [5.74, 6) is -0.0243. The van der Waals surface area contributed by atoms with Crippen LogP contribution in [0.5, 0.6) is 0 Å². The predicted octanol–water partition coefficient (Wildman–Crippen LogP) is 1.49. The zero-order valence-electron chi connectivity index (χ0n) is 13.0. The third-order valence-corrected chi connectivity index (χ3v) is 4.41. The van der Waals surface area contributed by atoms with Gasteiger partial charge in [0.25, 0.3) is 0 Å². The van der Waals surface area contributed by atoms with Crippen LogP contribution in [0.4, 0.5) is 0 Å². The number of carbonyl (C=O) groups excluding carboxylic acids is 1. The zero-order valence-corrected chi connectivity index (χ0v) is 13.0. The zero-order chi connectivity index (χ0) is 15.4. The molecule has 1 fully saturated rings. The van der Waals surface area contributed by atoms with Crippen molar-refractivity contribution in [2.45, 2.75) is 57.8 Å². The van der Waals surface area contributed by atoms with Crippen molar-refractivity contribution in [2.75, 3.05) is 6.54 Å². The summed E-state index contributed by atoms with van der Waals surface area (Å²) in [6, 6.07) is 4.22. The smallest absolute Gasteiger partial charge is 0.237 e. The molecular weight excluding hydrogens is 266 g/mol. The van der Waals surface area contributed by atoms with E-state index >= 15 is 0 Å². The van der Waals surface area contributed by atoms with E-state index in [9.17, 15) is 9.90 Å². The molecule has 1 amide bonds. The molecule has 0 radical (unpaired) electrons. The number of nitrogens with zero attached hydrogens (tertiary/aromatic N) is 2. The molecule has 2 rings (SSSR count). The number of rotatable bonds is 5. The lowest BCUT2D eigenvalue weighted by molar-refractivity contribution is -0.127. The van der Waals surface area contributed by atoms with Gasteiger partial charge in [-0.15, -0.1) is 0 Å². The van der Waals surface area contributed by atoms with Gasteiger partial charge < -0.3 is 10.4 Å². The molecule has 1 aliphatic heterocycles. The molecular formula is C16H25N3O2. The van der Waals surface area contributed by atoms with Gasteiger partial charge in [0.05, 0.1) is 12.1 Å². The molecule has 1 aromatic heterocycles. The summed E-state index contributed by atoms with van der Waals surface area (Å²) < 4.78 is 0. The monoisotopic (exact) mass is 291 g/mol. The van der Waals surface area contributed by atoms with Crippen LogP contribution in [-0.4, -0.2) is 45.6 Å². The van der Waals surface area contributed by atoms with E-state index in [1.165, 1.54) is 0 Å². The van der Waals surface area contributed by atoms with E-state index < -0.39 is 6.10 Å². The molecule has 5 heteroatoms. The van der Waals surface area contributed by atoms with E-state index in [0.29, 0.717) is 12.1 Å².